The molecule has 0 aliphatic heterocycles. The van der Waals surface area contributed by atoms with E-state index >= 15 is 0 Å². The minimum absolute atomic E-state index is 0.120. The van der Waals surface area contributed by atoms with Gasteiger partial charge in [0.1, 0.15) is 0 Å². The zero-order valence-electron chi connectivity index (χ0n) is 8.46. The maximum atomic E-state index is 6.17. The predicted molar refractivity (Wildman–Crippen MR) is 65.3 cm³/mol. The van der Waals surface area contributed by atoms with Gasteiger partial charge in [-0.1, -0.05) is 24.3 Å². The second kappa shape index (κ2) is 7.36. The van der Waals surface area contributed by atoms with Crippen molar-refractivity contribution in [2.45, 2.75) is 49.3 Å². The summed E-state index contributed by atoms with van der Waals surface area (Å²) >= 11 is 12.3. The van der Waals surface area contributed by atoms with E-state index in [0.29, 0.717) is 0 Å². The first-order chi connectivity index (χ1) is 6.80. The summed E-state index contributed by atoms with van der Waals surface area (Å²) in [5, 5.41) is 0.239. The van der Waals surface area contributed by atoms with Gasteiger partial charge in [-0.15, -0.1) is 23.2 Å². The highest BCUT2D eigenvalue weighted by molar-refractivity contribution is 6.29. The first kappa shape index (κ1) is 12.1. The highest BCUT2D eigenvalue weighted by Gasteiger charge is 2.14. The maximum absolute atomic E-state index is 6.17. The second-order valence-corrected chi connectivity index (χ2v) is 4.83. The second-order valence-electron chi connectivity index (χ2n) is 3.71. The molecule has 14 heavy (non-hydrogen) atoms. The van der Waals surface area contributed by atoms with Crippen LogP contribution < -0.4 is 0 Å². The highest BCUT2D eigenvalue weighted by Crippen LogP contribution is 2.21. The lowest BCUT2D eigenvalue weighted by atomic mass is 10.1. The van der Waals surface area contributed by atoms with Crippen LogP contribution in [-0.2, 0) is 0 Å². The third-order valence-corrected chi connectivity index (χ3v) is 3.62. The van der Waals surface area contributed by atoms with E-state index in [1.807, 2.05) is 0 Å². The fraction of sp³-hybridized carbons (Fsp3) is 0.667. The van der Waals surface area contributed by atoms with Crippen molar-refractivity contribution in [2.75, 3.05) is 0 Å². The van der Waals surface area contributed by atoms with Gasteiger partial charge < -0.3 is 0 Å². The molecule has 2 heteroatoms. The van der Waals surface area contributed by atoms with E-state index < -0.39 is 0 Å². The maximum Gasteiger partial charge on any atom is 0.0502 e. The molecule has 1 rings (SSSR count). The molecule has 0 amide bonds. The van der Waals surface area contributed by atoms with E-state index in [-0.39, 0.29) is 10.8 Å². The number of rotatable bonds is 0. The summed E-state index contributed by atoms with van der Waals surface area (Å²) in [6.45, 7) is 0. The van der Waals surface area contributed by atoms with Crippen molar-refractivity contribution in [2.24, 2.45) is 0 Å². The molecule has 0 unspecified atom stereocenters. The summed E-state index contributed by atoms with van der Waals surface area (Å²) in [7, 11) is 0. The van der Waals surface area contributed by atoms with Crippen molar-refractivity contribution in [3.63, 3.8) is 0 Å². The van der Waals surface area contributed by atoms with E-state index in [1.165, 1.54) is 0 Å². The molecule has 0 radical (unpaired) electrons. The summed E-state index contributed by atoms with van der Waals surface area (Å²) in [6.07, 6.45) is 15.3. The molecule has 0 aromatic carbocycles. The van der Waals surface area contributed by atoms with Crippen LogP contribution in [0.15, 0.2) is 24.3 Å². The molecule has 0 aromatic heterocycles. The lowest BCUT2D eigenvalue weighted by molar-refractivity contribution is 0.666. The van der Waals surface area contributed by atoms with Gasteiger partial charge in [0.05, 0.1) is 10.8 Å². The van der Waals surface area contributed by atoms with E-state index in [1.54, 1.807) is 0 Å². The fourth-order valence-corrected chi connectivity index (χ4v) is 2.04. The Morgan fingerprint density at radius 3 is 1.43 bits per heavy atom. The summed E-state index contributed by atoms with van der Waals surface area (Å²) in [4.78, 5) is 0. The van der Waals surface area contributed by atoms with Crippen molar-refractivity contribution >= 4 is 23.2 Å². The topological polar surface area (TPSA) is 0 Å². The standard InChI is InChI=1S/C12H18Cl2/c13-11-9-7-5-3-1-2-4-6-8-10-12(11)14/h3-6,11-12H,1-2,7-10H2/b5-3-,6-4-/t11-,12+. The van der Waals surface area contributed by atoms with E-state index in [0.717, 1.165) is 38.5 Å². The molecule has 80 valence electrons. The molecule has 0 aromatic rings. The zero-order valence-corrected chi connectivity index (χ0v) is 9.97. The fourth-order valence-electron chi connectivity index (χ4n) is 1.54. The molecule has 0 N–H and O–H groups in total. The average molecular weight is 233 g/mol. The van der Waals surface area contributed by atoms with Crippen molar-refractivity contribution in [3.05, 3.63) is 24.3 Å². The lowest BCUT2D eigenvalue weighted by Gasteiger charge is -2.14. The van der Waals surface area contributed by atoms with Crippen molar-refractivity contribution < 1.29 is 0 Å². The monoisotopic (exact) mass is 232 g/mol. The zero-order chi connectivity index (χ0) is 10.2. The Hall–Kier alpha value is 0.0600. The molecule has 0 saturated heterocycles. The Bertz CT molecular complexity index is 174. The van der Waals surface area contributed by atoms with Gasteiger partial charge >= 0.3 is 0 Å². The van der Waals surface area contributed by atoms with Gasteiger partial charge in [-0.2, -0.15) is 0 Å². The molecule has 0 bridgehead atoms. The minimum atomic E-state index is 0.120. The Balaban J connectivity index is 2.41. The minimum Gasteiger partial charge on any atom is -0.121 e. The third kappa shape index (κ3) is 5.07. The van der Waals surface area contributed by atoms with Crippen LogP contribution in [0.5, 0.6) is 0 Å². The van der Waals surface area contributed by atoms with Gasteiger partial charge in [-0.05, 0) is 38.5 Å². The van der Waals surface area contributed by atoms with Gasteiger partial charge in [0, 0.05) is 0 Å². The smallest absolute Gasteiger partial charge is 0.0502 e. The van der Waals surface area contributed by atoms with Crippen molar-refractivity contribution in [3.8, 4) is 0 Å². The Kier molecular flexibility index (Phi) is 6.38. The van der Waals surface area contributed by atoms with Gasteiger partial charge in [0.2, 0.25) is 0 Å². The van der Waals surface area contributed by atoms with E-state index in [9.17, 15) is 0 Å². The summed E-state index contributed by atoms with van der Waals surface area (Å²) in [5.74, 6) is 0. The lowest BCUT2D eigenvalue weighted by Crippen LogP contribution is -2.14. The quantitative estimate of drug-likeness (QED) is 0.421. The predicted octanol–water partition coefficient (Wildman–Crippen LogP) is 4.67. The molecule has 2 atom stereocenters. The largest absolute Gasteiger partial charge is 0.121 e. The molecule has 0 saturated carbocycles. The summed E-state index contributed by atoms with van der Waals surface area (Å²) in [6, 6.07) is 0. The number of halogens is 2. The molecule has 0 spiro atoms. The van der Waals surface area contributed by atoms with Crippen LogP contribution >= 0.6 is 23.2 Å². The molecule has 1 aliphatic rings. The van der Waals surface area contributed by atoms with Crippen LogP contribution in [0.2, 0.25) is 0 Å². The van der Waals surface area contributed by atoms with Crippen molar-refractivity contribution in [1.29, 1.82) is 0 Å². The molecule has 0 heterocycles. The van der Waals surface area contributed by atoms with Crippen LogP contribution in [-0.4, -0.2) is 10.8 Å². The first-order valence-electron chi connectivity index (χ1n) is 5.39. The van der Waals surface area contributed by atoms with Crippen LogP contribution in [0.1, 0.15) is 38.5 Å². The van der Waals surface area contributed by atoms with Crippen molar-refractivity contribution in [1.82, 2.24) is 0 Å². The number of alkyl halides is 2. The van der Waals surface area contributed by atoms with E-state index in [2.05, 4.69) is 24.3 Å². The molecule has 1 aliphatic carbocycles. The molecule has 0 fully saturated rings. The Morgan fingerprint density at radius 1 is 0.643 bits per heavy atom. The SMILES string of the molecule is Cl[C@@H]1CC/C=C\CC/C=C\CC[C@@H]1Cl. The normalized spacial score (nSPS) is 35.3. The summed E-state index contributed by atoms with van der Waals surface area (Å²) in [5.41, 5.74) is 0. The van der Waals surface area contributed by atoms with E-state index in [4.69, 9.17) is 23.2 Å². The Morgan fingerprint density at radius 2 is 1.00 bits per heavy atom. The van der Waals surface area contributed by atoms with Crippen LogP contribution in [0.4, 0.5) is 0 Å². The molecular formula is C12H18Cl2. The Labute approximate surface area is 97.0 Å². The van der Waals surface area contributed by atoms with Crippen LogP contribution in [0.25, 0.3) is 0 Å². The van der Waals surface area contributed by atoms with Crippen LogP contribution in [0, 0.1) is 0 Å². The van der Waals surface area contributed by atoms with Gasteiger partial charge in [-0.3, -0.25) is 0 Å². The number of hydrogen-bond donors (Lipinski definition) is 0. The number of allylic oxidation sites excluding steroid dienone is 4. The van der Waals surface area contributed by atoms with Gasteiger partial charge in [0.15, 0.2) is 0 Å². The first-order valence-corrected chi connectivity index (χ1v) is 6.26. The average Bonchev–Trinajstić information content (AvgIpc) is 2.18. The summed E-state index contributed by atoms with van der Waals surface area (Å²) < 4.78 is 0. The molecule has 0 nitrogen and oxygen atoms in total. The van der Waals surface area contributed by atoms with Gasteiger partial charge in [-0.25, -0.2) is 0 Å². The number of hydrogen-bond acceptors (Lipinski definition) is 0. The van der Waals surface area contributed by atoms with Crippen LogP contribution in [0.3, 0.4) is 0 Å². The third-order valence-electron chi connectivity index (χ3n) is 2.44. The molecular weight excluding hydrogens is 215 g/mol. The van der Waals surface area contributed by atoms with Gasteiger partial charge in [0.25, 0.3) is 0 Å². The highest BCUT2D eigenvalue weighted by atomic mass is 35.5.